The van der Waals surface area contributed by atoms with Crippen LogP contribution in [0.1, 0.15) is 36.2 Å². The Kier molecular flexibility index (Phi) is 6.96. The summed E-state index contributed by atoms with van der Waals surface area (Å²) in [6.07, 6.45) is 1.56. The molecule has 6 nitrogen and oxygen atoms in total. The number of carbonyl (C=O) groups is 2. The highest BCUT2D eigenvalue weighted by Gasteiger charge is 2.23. The third-order valence-corrected chi connectivity index (χ3v) is 5.36. The molecule has 0 aliphatic rings. The fraction of sp³-hybridized carbons (Fsp3) is 0.333. The SMILES string of the molecule is Cc1ccccc1C(=O)N[C@@H](CC(C)C)C(=O)Nc1cccc(S(C)(=O)=O)c1. The van der Waals surface area contributed by atoms with Crippen LogP contribution in [0.15, 0.2) is 53.4 Å². The molecule has 0 aliphatic carbocycles. The van der Waals surface area contributed by atoms with E-state index in [4.69, 9.17) is 0 Å². The Labute approximate surface area is 166 Å². The summed E-state index contributed by atoms with van der Waals surface area (Å²) >= 11 is 0. The molecule has 2 aromatic carbocycles. The van der Waals surface area contributed by atoms with Crippen molar-refractivity contribution in [3.8, 4) is 0 Å². The number of amides is 2. The smallest absolute Gasteiger partial charge is 0.252 e. The first-order valence-electron chi connectivity index (χ1n) is 9.05. The zero-order valence-electron chi connectivity index (χ0n) is 16.5. The maximum absolute atomic E-state index is 12.8. The largest absolute Gasteiger partial charge is 0.340 e. The molecule has 0 aliphatic heterocycles. The van der Waals surface area contributed by atoms with Crippen LogP contribution < -0.4 is 10.6 Å². The molecule has 0 unspecified atom stereocenters. The highest BCUT2D eigenvalue weighted by atomic mass is 32.2. The van der Waals surface area contributed by atoms with Gasteiger partial charge in [-0.3, -0.25) is 9.59 Å². The van der Waals surface area contributed by atoms with Gasteiger partial charge in [-0.2, -0.15) is 0 Å². The van der Waals surface area contributed by atoms with Crippen molar-refractivity contribution < 1.29 is 18.0 Å². The van der Waals surface area contributed by atoms with Gasteiger partial charge in [0.25, 0.3) is 5.91 Å². The van der Waals surface area contributed by atoms with E-state index in [2.05, 4.69) is 10.6 Å². The van der Waals surface area contributed by atoms with Crippen LogP contribution in [0.3, 0.4) is 0 Å². The van der Waals surface area contributed by atoms with Gasteiger partial charge in [-0.25, -0.2) is 8.42 Å². The van der Waals surface area contributed by atoms with Gasteiger partial charge in [-0.15, -0.1) is 0 Å². The normalized spacial score (nSPS) is 12.5. The van der Waals surface area contributed by atoms with Gasteiger partial charge in [-0.1, -0.05) is 38.1 Å². The first-order valence-corrected chi connectivity index (χ1v) is 10.9. The predicted molar refractivity (Wildman–Crippen MR) is 110 cm³/mol. The average molecular weight is 403 g/mol. The van der Waals surface area contributed by atoms with E-state index in [1.54, 1.807) is 24.3 Å². The van der Waals surface area contributed by atoms with Crippen molar-refractivity contribution in [2.75, 3.05) is 11.6 Å². The molecule has 2 amide bonds. The first kappa shape index (κ1) is 21.6. The number of sulfone groups is 1. The fourth-order valence-electron chi connectivity index (χ4n) is 2.80. The molecule has 2 aromatic rings. The Hall–Kier alpha value is -2.67. The molecule has 0 radical (unpaired) electrons. The van der Waals surface area contributed by atoms with Crippen molar-refractivity contribution in [2.24, 2.45) is 5.92 Å². The van der Waals surface area contributed by atoms with Crippen LogP contribution in [-0.4, -0.2) is 32.5 Å². The minimum absolute atomic E-state index is 0.120. The maximum Gasteiger partial charge on any atom is 0.252 e. The van der Waals surface area contributed by atoms with Crippen LogP contribution in [0.2, 0.25) is 0 Å². The lowest BCUT2D eigenvalue weighted by atomic mass is 10.0. The third-order valence-electron chi connectivity index (χ3n) is 4.25. The summed E-state index contributed by atoms with van der Waals surface area (Å²) < 4.78 is 23.4. The number of nitrogens with one attached hydrogen (secondary N) is 2. The summed E-state index contributed by atoms with van der Waals surface area (Å²) in [5.41, 5.74) is 1.71. The second-order valence-corrected chi connectivity index (χ2v) is 9.28. The van der Waals surface area contributed by atoms with Crippen molar-refractivity contribution in [3.63, 3.8) is 0 Å². The van der Waals surface area contributed by atoms with Gasteiger partial charge in [0.2, 0.25) is 5.91 Å². The Balaban J connectivity index is 2.20. The number of anilines is 1. The lowest BCUT2D eigenvalue weighted by molar-refractivity contribution is -0.118. The van der Waals surface area contributed by atoms with E-state index in [0.29, 0.717) is 17.7 Å². The molecule has 0 saturated carbocycles. The molecule has 150 valence electrons. The lowest BCUT2D eigenvalue weighted by Crippen LogP contribution is -2.44. The molecule has 0 fully saturated rings. The second-order valence-electron chi connectivity index (χ2n) is 7.26. The van der Waals surface area contributed by atoms with E-state index in [-0.39, 0.29) is 22.6 Å². The van der Waals surface area contributed by atoms with E-state index < -0.39 is 15.9 Å². The number of aryl methyl sites for hydroxylation is 1. The summed E-state index contributed by atoms with van der Waals surface area (Å²) in [4.78, 5) is 25.5. The van der Waals surface area contributed by atoms with Gasteiger partial charge < -0.3 is 10.6 Å². The highest BCUT2D eigenvalue weighted by molar-refractivity contribution is 7.90. The van der Waals surface area contributed by atoms with E-state index in [9.17, 15) is 18.0 Å². The van der Waals surface area contributed by atoms with Crippen LogP contribution >= 0.6 is 0 Å². The summed E-state index contributed by atoms with van der Waals surface area (Å²) in [6.45, 7) is 5.76. The first-order chi connectivity index (χ1) is 13.1. The Morgan fingerprint density at radius 3 is 2.32 bits per heavy atom. The molecule has 0 spiro atoms. The van der Waals surface area contributed by atoms with Gasteiger partial charge in [-0.05, 0) is 49.1 Å². The minimum atomic E-state index is -3.38. The van der Waals surface area contributed by atoms with E-state index in [0.717, 1.165) is 11.8 Å². The Bertz CT molecular complexity index is 968. The van der Waals surface area contributed by atoms with E-state index in [1.807, 2.05) is 32.9 Å². The molecular weight excluding hydrogens is 376 g/mol. The van der Waals surface area contributed by atoms with Crippen LogP contribution in [0, 0.1) is 12.8 Å². The quantitative estimate of drug-likeness (QED) is 0.744. The molecule has 0 saturated heterocycles. The van der Waals surface area contributed by atoms with Gasteiger partial charge in [0.1, 0.15) is 6.04 Å². The molecule has 1 atom stereocenters. The number of benzene rings is 2. The van der Waals surface area contributed by atoms with Gasteiger partial charge in [0.05, 0.1) is 4.90 Å². The summed E-state index contributed by atoms with van der Waals surface area (Å²) in [5, 5.41) is 5.51. The number of hydrogen-bond acceptors (Lipinski definition) is 4. The molecule has 7 heteroatoms. The number of rotatable bonds is 7. The molecule has 0 bridgehead atoms. The van der Waals surface area contributed by atoms with Crippen LogP contribution in [0.5, 0.6) is 0 Å². The summed E-state index contributed by atoms with van der Waals surface area (Å²) in [5.74, 6) is -0.527. The minimum Gasteiger partial charge on any atom is -0.340 e. The van der Waals surface area contributed by atoms with Crippen molar-refractivity contribution >= 4 is 27.3 Å². The van der Waals surface area contributed by atoms with Crippen LogP contribution in [0.25, 0.3) is 0 Å². The molecular formula is C21H26N2O4S. The fourth-order valence-corrected chi connectivity index (χ4v) is 3.47. The number of carbonyl (C=O) groups excluding carboxylic acids is 2. The molecule has 0 heterocycles. The zero-order chi connectivity index (χ0) is 20.9. The monoisotopic (exact) mass is 402 g/mol. The molecule has 28 heavy (non-hydrogen) atoms. The van der Waals surface area contributed by atoms with Crippen molar-refractivity contribution in [3.05, 3.63) is 59.7 Å². The van der Waals surface area contributed by atoms with E-state index in [1.165, 1.54) is 12.1 Å². The topological polar surface area (TPSA) is 92.3 Å². The summed E-state index contributed by atoms with van der Waals surface area (Å²) in [6, 6.07) is 12.5. The Morgan fingerprint density at radius 1 is 1.04 bits per heavy atom. The van der Waals surface area contributed by atoms with Crippen molar-refractivity contribution in [1.82, 2.24) is 5.32 Å². The third kappa shape index (κ3) is 5.92. The zero-order valence-corrected chi connectivity index (χ0v) is 17.3. The summed E-state index contributed by atoms with van der Waals surface area (Å²) in [7, 11) is -3.38. The maximum atomic E-state index is 12.8. The average Bonchev–Trinajstić information content (AvgIpc) is 2.60. The van der Waals surface area contributed by atoms with Crippen LogP contribution in [0.4, 0.5) is 5.69 Å². The number of hydrogen-bond donors (Lipinski definition) is 2. The Morgan fingerprint density at radius 2 is 1.71 bits per heavy atom. The highest BCUT2D eigenvalue weighted by Crippen LogP contribution is 2.17. The molecule has 2 N–H and O–H groups in total. The van der Waals surface area contributed by atoms with Crippen LogP contribution in [-0.2, 0) is 14.6 Å². The second kappa shape index (κ2) is 9.01. The van der Waals surface area contributed by atoms with Gasteiger partial charge in [0.15, 0.2) is 9.84 Å². The standard InChI is InChI=1S/C21H26N2O4S/c1-14(2)12-19(23-20(24)18-11-6-5-8-15(18)3)21(25)22-16-9-7-10-17(13-16)28(4,26)27/h5-11,13-14,19H,12H2,1-4H3,(H,22,25)(H,23,24)/t19-/m0/s1. The van der Waals surface area contributed by atoms with Gasteiger partial charge in [0, 0.05) is 17.5 Å². The van der Waals surface area contributed by atoms with Gasteiger partial charge >= 0.3 is 0 Å². The molecule has 2 rings (SSSR count). The van der Waals surface area contributed by atoms with Crippen molar-refractivity contribution in [2.45, 2.75) is 38.1 Å². The molecule has 0 aromatic heterocycles. The van der Waals surface area contributed by atoms with Crippen molar-refractivity contribution in [1.29, 1.82) is 0 Å². The lowest BCUT2D eigenvalue weighted by Gasteiger charge is -2.21. The van der Waals surface area contributed by atoms with E-state index >= 15 is 0 Å². The predicted octanol–water partition coefficient (Wildman–Crippen LogP) is 3.18.